The van der Waals surface area contributed by atoms with Gasteiger partial charge in [0.25, 0.3) is 0 Å². The van der Waals surface area contributed by atoms with Gasteiger partial charge >= 0.3 is 0 Å². The Morgan fingerprint density at radius 1 is 1.29 bits per heavy atom. The molecule has 0 saturated heterocycles. The largest absolute Gasteiger partial charge is 0.370 e. The fourth-order valence-electron chi connectivity index (χ4n) is 2.05. The van der Waals surface area contributed by atoms with Crippen molar-refractivity contribution < 1.29 is 0 Å². The van der Waals surface area contributed by atoms with E-state index < -0.39 is 0 Å². The summed E-state index contributed by atoms with van der Waals surface area (Å²) >= 11 is 1.58. The van der Waals surface area contributed by atoms with Crippen molar-refractivity contribution in [3.05, 3.63) is 45.9 Å². The van der Waals surface area contributed by atoms with Crippen LogP contribution in [0.3, 0.4) is 0 Å². The Kier molecular flexibility index (Phi) is 7.66. The zero-order chi connectivity index (χ0) is 14.4. The summed E-state index contributed by atoms with van der Waals surface area (Å²) < 4.78 is 0. The lowest BCUT2D eigenvalue weighted by Crippen LogP contribution is -2.24. The molecule has 0 aliphatic carbocycles. The Labute approximate surface area is 146 Å². The maximum atomic E-state index is 5.99. The number of para-hydroxylation sites is 1. The molecule has 1 aromatic heterocycles. The Bertz CT molecular complexity index is 559. The van der Waals surface area contributed by atoms with Crippen LogP contribution in [-0.4, -0.2) is 10.9 Å². The molecule has 0 spiro atoms. The van der Waals surface area contributed by atoms with Crippen molar-refractivity contribution in [3.63, 3.8) is 0 Å². The fourth-order valence-corrected chi connectivity index (χ4v) is 2.59. The zero-order valence-electron chi connectivity index (χ0n) is 12.3. The summed E-state index contributed by atoms with van der Waals surface area (Å²) in [5.41, 5.74) is 9.60. The minimum Gasteiger partial charge on any atom is -0.370 e. The molecule has 21 heavy (non-hydrogen) atoms. The fraction of sp³-hybridized carbons (Fsp3) is 0.333. The number of nitrogens with zero attached hydrogens (tertiary/aromatic N) is 2. The summed E-state index contributed by atoms with van der Waals surface area (Å²) in [4.78, 5) is 8.53. The molecule has 4 nitrogen and oxygen atoms in total. The van der Waals surface area contributed by atoms with Gasteiger partial charge in [-0.2, -0.15) is 0 Å². The third kappa shape index (κ3) is 4.96. The van der Waals surface area contributed by atoms with E-state index in [1.807, 2.05) is 5.38 Å². The average molecular weight is 416 g/mol. The first-order chi connectivity index (χ1) is 9.74. The molecule has 1 aromatic carbocycles. The highest BCUT2D eigenvalue weighted by Gasteiger charge is 2.07. The van der Waals surface area contributed by atoms with Gasteiger partial charge in [-0.1, -0.05) is 32.0 Å². The van der Waals surface area contributed by atoms with E-state index in [-0.39, 0.29) is 24.0 Å². The smallest absolute Gasteiger partial charge is 0.193 e. The first-order valence-electron chi connectivity index (χ1n) is 6.80. The molecule has 1 heterocycles. The summed E-state index contributed by atoms with van der Waals surface area (Å²) in [5, 5.41) is 6.16. The second kappa shape index (κ2) is 8.99. The van der Waals surface area contributed by atoms with E-state index in [0.29, 0.717) is 12.5 Å². The van der Waals surface area contributed by atoms with Gasteiger partial charge in [-0.25, -0.2) is 9.98 Å². The molecule has 0 aliphatic heterocycles. The molecule has 114 valence electrons. The lowest BCUT2D eigenvalue weighted by molar-refractivity contribution is 1.03. The highest BCUT2D eigenvalue weighted by atomic mass is 127. The number of nitrogens with two attached hydrogens (primary N) is 1. The minimum atomic E-state index is 0. The van der Waals surface area contributed by atoms with Crippen LogP contribution in [0.15, 0.2) is 34.8 Å². The molecule has 3 N–H and O–H groups in total. The number of thiazole rings is 1. The zero-order valence-corrected chi connectivity index (χ0v) is 15.4. The Hall–Kier alpha value is -1.15. The highest BCUT2D eigenvalue weighted by molar-refractivity contribution is 14.0. The minimum absolute atomic E-state index is 0. The number of hydrogen-bond donors (Lipinski definition) is 2. The van der Waals surface area contributed by atoms with Gasteiger partial charge < -0.3 is 11.1 Å². The second-order valence-corrected chi connectivity index (χ2v) is 5.39. The van der Waals surface area contributed by atoms with E-state index in [9.17, 15) is 0 Å². The van der Waals surface area contributed by atoms with Crippen LogP contribution in [0.5, 0.6) is 0 Å². The molecule has 2 aromatic rings. The standard InChI is InChI=1S/C15H20N4S.HI/c1-3-11-6-5-7-12(4-2)14(11)19-15(16)18-10-13-17-8-9-20-13;/h5-9H,3-4,10H2,1-2H3,(H3,16,18,19);1H. The summed E-state index contributed by atoms with van der Waals surface area (Å²) in [6, 6.07) is 6.33. The van der Waals surface area contributed by atoms with Gasteiger partial charge in [-0.3, -0.25) is 0 Å². The van der Waals surface area contributed by atoms with Crippen molar-refractivity contribution in [1.82, 2.24) is 4.98 Å². The molecule has 0 unspecified atom stereocenters. The van der Waals surface area contributed by atoms with Crippen molar-refractivity contribution in [2.45, 2.75) is 33.2 Å². The number of guanidine groups is 1. The van der Waals surface area contributed by atoms with Crippen molar-refractivity contribution in [2.24, 2.45) is 10.7 Å². The number of hydrogen-bond acceptors (Lipinski definition) is 3. The summed E-state index contributed by atoms with van der Waals surface area (Å²) in [7, 11) is 0. The van der Waals surface area contributed by atoms with Crippen LogP contribution in [0, 0.1) is 0 Å². The maximum absolute atomic E-state index is 5.99. The molecular weight excluding hydrogens is 395 g/mol. The monoisotopic (exact) mass is 416 g/mol. The molecule has 0 atom stereocenters. The third-order valence-electron chi connectivity index (χ3n) is 3.12. The highest BCUT2D eigenvalue weighted by Crippen LogP contribution is 2.22. The Morgan fingerprint density at radius 3 is 2.48 bits per heavy atom. The summed E-state index contributed by atoms with van der Waals surface area (Å²) in [6.07, 6.45) is 3.71. The molecule has 0 aliphatic rings. The number of rotatable bonds is 5. The van der Waals surface area contributed by atoms with Crippen molar-refractivity contribution >= 4 is 47.0 Å². The summed E-state index contributed by atoms with van der Waals surface area (Å²) in [6.45, 7) is 4.80. The third-order valence-corrected chi connectivity index (χ3v) is 3.88. The number of aliphatic imine (C=N–C) groups is 1. The first kappa shape index (κ1) is 17.9. The van der Waals surface area contributed by atoms with E-state index in [1.165, 1.54) is 11.1 Å². The number of benzene rings is 1. The van der Waals surface area contributed by atoms with E-state index in [2.05, 4.69) is 47.3 Å². The lowest BCUT2D eigenvalue weighted by Gasteiger charge is -2.14. The number of halogens is 1. The number of aromatic nitrogens is 1. The predicted octanol–water partition coefficient (Wildman–Crippen LogP) is 3.81. The second-order valence-electron chi connectivity index (χ2n) is 4.41. The first-order valence-corrected chi connectivity index (χ1v) is 7.68. The molecule has 0 saturated carbocycles. The van der Waals surface area contributed by atoms with Crippen LogP contribution in [0.25, 0.3) is 0 Å². The van der Waals surface area contributed by atoms with Crippen molar-refractivity contribution in [3.8, 4) is 0 Å². The normalized spacial score (nSPS) is 11.0. The molecule has 2 rings (SSSR count). The number of anilines is 1. The van der Waals surface area contributed by atoms with Gasteiger partial charge in [0.05, 0.1) is 6.54 Å². The number of aryl methyl sites for hydroxylation is 2. The SMILES string of the molecule is CCc1cccc(CC)c1NC(N)=NCc1nccs1.I. The average Bonchev–Trinajstić information content (AvgIpc) is 2.98. The van der Waals surface area contributed by atoms with Crippen LogP contribution < -0.4 is 11.1 Å². The maximum Gasteiger partial charge on any atom is 0.193 e. The van der Waals surface area contributed by atoms with E-state index >= 15 is 0 Å². The molecule has 6 heteroatoms. The summed E-state index contributed by atoms with van der Waals surface area (Å²) in [5.74, 6) is 0.441. The molecule has 0 radical (unpaired) electrons. The van der Waals surface area contributed by atoms with E-state index in [0.717, 1.165) is 23.5 Å². The molecule has 0 amide bonds. The topological polar surface area (TPSA) is 63.3 Å². The van der Waals surface area contributed by atoms with E-state index in [4.69, 9.17) is 5.73 Å². The molecule has 0 bridgehead atoms. The Balaban J connectivity index is 0.00000220. The van der Waals surface area contributed by atoms with Crippen molar-refractivity contribution in [1.29, 1.82) is 0 Å². The van der Waals surface area contributed by atoms with Gasteiger partial charge in [0.15, 0.2) is 5.96 Å². The molecular formula is C15H21IN4S. The van der Waals surface area contributed by atoms with Crippen LogP contribution in [0.4, 0.5) is 5.69 Å². The quantitative estimate of drug-likeness (QED) is 0.443. The van der Waals surface area contributed by atoms with Crippen LogP contribution >= 0.6 is 35.3 Å². The molecule has 0 fully saturated rings. The van der Waals surface area contributed by atoms with Gasteiger partial charge in [-0.05, 0) is 24.0 Å². The predicted molar refractivity (Wildman–Crippen MR) is 102 cm³/mol. The van der Waals surface area contributed by atoms with E-state index in [1.54, 1.807) is 17.5 Å². The van der Waals surface area contributed by atoms with Gasteiger partial charge in [0, 0.05) is 17.3 Å². The van der Waals surface area contributed by atoms with Crippen LogP contribution in [0.1, 0.15) is 30.0 Å². The van der Waals surface area contributed by atoms with Crippen LogP contribution in [-0.2, 0) is 19.4 Å². The van der Waals surface area contributed by atoms with Gasteiger partial charge in [-0.15, -0.1) is 35.3 Å². The number of nitrogens with one attached hydrogen (secondary N) is 1. The Morgan fingerprint density at radius 2 is 1.95 bits per heavy atom. The van der Waals surface area contributed by atoms with Crippen molar-refractivity contribution in [2.75, 3.05) is 5.32 Å². The van der Waals surface area contributed by atoms with Gasteiger partial charge in [0.1, 0.15) is 5.01 Å². The van der Waals surface area contributed by atoms with Gasteiger partial charge in [0.2, 0.25) is 0 Å². The van der Waals surface area contributed by atoms with Crippen LogP contribution in [0.2, 0.25) is 0 Å². The lowest BCUT2D eigenvalue weighted by atomic mass is 10.0.